The summed E-state index contributed by atoms with van der Waals surface area (Å²) in [6.45, 7) is 8.81. The standard InChI is InChI=1S/C68H113N13O18/c1-94-39-41-98-45-43-96-37-35-79-28-21-72-63(88)51-12-5-10-49(57(51)82)61(86)70-19-26-78(27-20-71-62(87)50-11-6-13-52(58(50)83)64(89)73-22-29-79)33-34-81-32-25-76-66(91)54-15-7-14-53(59(54)84)65(90)74-23-30-80(36-38-97-44-46-99-42-40-95-2)31-24-75-67(92)55-16-8-17-56(60(55)85)68(93)77-48(47-81)9-3-4-18-69/h8,10-11,15-17,48,51-53,55,57-60,82-85H,3-7,9,12-14,18-47,69H2,1-2H3,(H,70,86)(H,71,87)(H,72,88)(H,73,89)(H,74,90)(H,75,92)(H,76,91)(H,77,93)/t48?,51?,52?,53-,55?,57-,58-,59?,60-/m1/s1. The van der Waals surface area contributed by atoms with E-state index in [2.05, 4.69) is 42.5 Å². The van der Waals surface area contributed by atoms with Crippen LogP contribution in [0.5, 0.6) is 0 Å². The summed E-state index contributed by atoms with van der Waals surface area (Å²) in [6.07, 6.45) is 7.48. The van der Waals surface area contributed by atoms with Gasteiger partial charge in [-0.3, -0.25) is 58.0 Å². The first-order valence-corrected chi connectivity index (χ1v) is 35.4. The lowest BCUT2D eigenvalue weighted by Crippen LogP contribution is -2.51. The van der Waals surface area contributed by atoms with Crippen molar-refractivity contribution in [1.29, 1.82) is 0 Å². The Kier molecular flexibility index (Phi) is 38.3. The Morgan fingerprint density at radius 2 is 0.788 bits per heavy atom. The molecule has 2 aliphatic heterocycles. The molecule has 558 valence electrons. The molecule has 0 aromatic heterocycles. The number of nitrogens with two attached hydrogens (primary N) is 1. The molecule has 4 aliphatic carbocycles. The number of carbonyl (C=O) groups is 8. The number of unbranched alkanes of at least 4 members (excludes halogenated alkanes) is 1. The first-order valence-electron chi connectivity index (χ1n) is 35.4. The third kappa shape index (κ3) is 28.3. The molecular formula is C68H113N13O18. The summed E-state index contributed by atoms with van der Waals surface area (Å²) in [4.78, 5) is 120. The molecule has 99 heavy (non-hydrogen) atoms. The zero-order chi connectivity index (χ0) is 71.2. The Morgan fingerprint density at radius 3 is 1.20 bits per heavy atom. The number of ether oxygens (including phenoxy) is 6. The fourth-order valence-corrected chi connectivity index (χ4v) is 12.7. The van der Waals surface area contributed by atoms with Gasteiger partial charge in [0.25, 0.3) is 0 Å². The second-order valence-corrected chi connectivity index (χ2v) is 25.5. The third-order valence-corrected chi connectivity index (χ3v) is 18.6. The van der Waals surface area contributed by atoms with E-state index in [1.165, 1.54) is 12.2 Å². The third-order valence-electron chi connectivity index (χ3n) is 18.6. The van der Waals surface area contributed by atoms with Gasteiger partial charge in [-0.25, -0.2) is 0 Å². The molecule has 2 saturated heterocycles. The number of fused-ring (bicyclic) bond motifs is 8. The largest absolute Gasteiger partial charge is 0.387 e. The normalized spacial score (nSPS) is 27.0. The van der Waals surface area contributed by atoms with Crippen molar-refractivity contribution in [3.05, 3.63) is 58.7 Å². The second-order valence-electron chi connectivity index (χ2n) is 25.5. The van der Waals surface area contributed by atoms with Gasteiger partial charge in [0.05, 0.1) is 114 Å². The zero-order valence-electron chi connectivity index (χ0n) is 58.1. The van der Waals surface area contributed by atoms with Gasteiger partial charge in [-0.15, -0.1) is 0 Å². The van der Waals surface area contributed by atoms with Gasteiger partial charge in [-0.05, 0) is 57.9 Å². The maximum absolute atomic E-state index is 14.4. The number of nitrogens with one attached hydrogen (secondary N) is 8. The van der Waals surface area contributed by atoms with Gasteiger partial charge >= 0.3 is 0 Å². The summed E-state index contributed by atoms with van der Waals surface area (Å²) < 4.78 is 32.6. The molecule has 0 radical (unpaired) electrons. The number of hydrogen-bond donors (Lipinski definition) is 13. The Bertz CT molecular complexity index is 2630. The van der Waals surface area contributed by atoms with Crippen molar-refractivity contribution < 1.29 is 87.2 Å². The highest BCUT2D eigenvalue weighted by Crippen LogP contribution is 2.28. The molecular weight excluding hydrogens is 1290 g/mol. The summed E-state index contributed by atoms with van der Waals surface area (Å²) in [5.41, 5.74) is 6.14. The number of methoxy groups -OCH3 is 2. The lowest BCUT2D eigenvalue weighted by atomic mass is 9.84. The van der Waals surface area contributed by atoms with Crippen molar-refractivity contribution in [2.24, 2.45) is 29.4 Å². The van der Waals surface area contributed by atoms with Gasteiger partial charge in [0, 0.05) is 167 Å². The minimum atomic E-state index is -1.50. The number of nitrogens with zero attached hydrogens (tertiary/aromatic N) is 4. The molecule has 31 heteroatoms. The average Bonchev–Trinajstić information content (AvgIpc) is 0.868. The predicted molar refractivity (Wildman–Crippen MR) is 366 cm³/mol. The molecule has 6 aliphatic rings. The maximum atomic E-state index is 14.4. The van der Waals surface area contributed by atoms with E-state index >= 15 is 0 Å². The van der Waals surface area contributed by atoms with Crippen LogP contribution in [0.2, 0.25) is 0 Å². The van der Waals surface area contributed by atoms with Crippen molar-refractivity contribution >= 4 is 47.3 Å². The quantitative estimate of drug-likeness (QED) is 0.0384. The number of amides is 8. The van der Waals surface area contributed by atoms with Crippen LogP contribution in [-0.4, -0.2) is 329 Å². The van der Waals surface area contributed by atoms with Crippen LogP contribution in [0, 0.1) is 23.7 Å². The molecule has 6 rings (SSSR count). The van der Waals surface area contributed by atoms with Crippen molar-refractivity contribution in [3.8, 4) is 0 Å². The molecule has 0 aromatic carbocycles. The van der Waals surface area contributed by atoms with Gasteiger partial charge in [-0.2, -0.15) is 0 Å². The van der Waals surface area contributed by atoms with E-state index in [4.69, 9.17) is 34.2 Å². The van der Waals surface area contributed by atoms with E-state index in [9.17, 15) is 58.8 Å². The zero-order valence-corrected chi connectivity index (χ0v) is 58.1. The average molecular weight is 1400 g/mol. The van der Waals surface area contributed by atoms with Crippen molar-refractivity contribution in [3.63, 3.8) is 0 Å². The van der Waals surface area contributed by atoms with Gasteiger partial charge in [-0.1, -0.05) is 42.9 Å². The minimum absolute atomic E-state index is 0.0178. The van der Waals surface area contributed by atoms with Crippen LogP contribution in [0.25, 0.3) is 0 Å². The molecule has 0 aromatic rings. The first kappa shape index (κ1) is 81.8. The van der Waals surface area contributed by atoms with Crippen molar-refractivity contribution in [1.82, 2.24) is 62.1 Å². The van der Waals surface area contributed by atoms with Crippen LogP contribution in [0.15, 0.2) is 58.7 Å². The molecule has 2 heterocycles. The lowest BCUT2D eigenvalue weighted by molar-refractivity contribution is -0.130. The highest BCUT2D eigenvalue weighted by molar-refractivity contribution is 5.98. The SMILES string of the molecule is COCCOCCOCCN1CCNC(=O)C2CCC=C(C(=O)NCCN(CCN3CCNC(=O)C4=CCC[C@@H](C(=O)NCCN(CCOCCOCCOC)CCNC(=O)C5C=CC=C(C(=O)NC(CCCCN)C3)[C@@H]5O)C4O)CCNC(=O)C3=CCCC(C(=O)NCC1)[C@@H]3O)[C@H]2O. The molecule has 8 amide bonds. The van der Waals surface area contributed by atoms with Gasteiger partial charge in [0.1, 0.15) is 0 Å². The summed E-state index contributed by atoms with van der Waals surface area (Å²) in [6, 6.07) is -0.573. The Balaban J connectivity index is 1.19. The van der Waals surface area contributed by atoms with E-state index in [1.54, 1.807) is 38.5 Å². The molecule has 31 nitrogen and oxygen atoms in total. The van der Waals surface area contributed by atoms with Crippen LogP contribution < -0.4 is 48.3 Å². The van der Waals surface area contributed by atoms with E-state index in [0.717, 1.165) is 0 Å². The number of aliphatic hydroxyl groups excluding tert-OH is 4. The summed E-state index contributed by atoms with van der Waals surface area (Å²) in [5, 5.41) is 70.1. The Labute approximate surface area is 582 Å². The van der Waals surface area contributed by atoms with E-state index in [0.29, 0.717) is 170 Å². The molecule has 5 unspecified atom stereocenters. The molecule has 9 atom stereocenters. The summed E-state index contributed by atoms with van der Waals surface area (Å²) in [5.74, 6) is -7.83. The highest BCUT2D eigenvalue weighted by atomic mass is 16.5. The molecule has 0 spiro atoms. The monoisotopic (exact) mass is 1400 g/mol. The van der Waals surface area contributed by atoms with Gasteiger partial charge < -0.3 is 97.1 Å². The number of hydrogen-bond acceptors (Lipinski definition) is 23. The molecule has 14 N–H and O–H groups in total. The van der Waals surface area contributed by atoms with Crippen molar-refractivity contribution in [2.45, 2.75) is 88.2 Å². The van der Waals surface area contributed by atoms with Crippen LogP contribution >= 0.6 is 0 Å². The number of aliphatic hydroxyl groups is 4. The number of rotatable bonds is 25. The topological polar surface area (TPSA) is 408 Å². The summed E-state index contributed by atoms with van der Waals surface area (Å²) in [7, 11) is 3.18. The molecule has 0 saturated carbocycles. The molecule has 2 fully saturated rings. The first-order chi connectivity index (χ1) is 48.0. The maximum Gasteiger partial charge on any atom is 0.250 e. The highest BCUT2D eigenvalue weighted by Gasteiger charge is 2.39. The number of carbonyl (C=O) groups excluding carboxylic acids is 8. The van der Waals surface area contributed by atoms with Crippen LogP contribution in [-0.2, 0) is 66.8 Å². The number of allylic oxidation sites excluding steroid dienone is 5. The van der Waals surface area contributed by atoms with Gasteiger partial charge in [0.2, 0.25) is 47.3 Å². The fraction of sp³-hybridized carbons (Fsp3) is 0.735. The van der Waals surface area contributed by atoms with Crippen LogP contribution in [0.4, 0.5) is 0 Å². The van der Waals surface area contributed by atoms with Crippen molar-refractivity contribution in [2.75, 3.05) is 211 Å². The lowest BCUT2D eigenvalue weighted by Gasteiger charge is -2.32. The Hall–Kier alpha value is -6.14. The predicted octanol–water partition coefficient (Wildman–Crippen LogP) is -4.43. The fourth-order valence-electron chi connectivity index (χ4n) is 12.7. The smallest absolute Gasteiger partial charge is 0.250 e. The molecule has 8 bridgehead atoms. The van der Waals surface area contributed by atoms with Crippen LogP contribution in [0.3, 0.4) is 0 Å². The van der Waals surface area contributed by atoms with Gasteiger partial charge in [0.15, 0.2) is 0 Å². The van der Waals surface area contributed by atoms with E-state index < -0.39 is 101 Å². The Morgan fingerprint density at radius 1 is 0.424 bits per heavy atom. The van der Waals surface area contributed by atoms with E-state index in [-0.39, 0.29) is 107 Å². The summed E-state index contributed by atoms with van der Waals surface area (Å²) >= 11 is 0. The second kappa shape index (κ2) is 46.4. The van der Waals surface area contributed by atoms with E-state index in [1.807, 2.05) is 19.6 Å². The minimum Gasteiger partial charge on any atom is -0.387 e. The van der Waals surface area contributed by atoms with Crippen LogP contribution in [0.1, 0.15) is 57.8 Å².